The van der Waals surface area contributed by atoms with Gasteiger partial charge in [0.2, 0.25) is 0 Å². The van der Waals surface area contributed by atoms with Crippen LogP contribution in [0.5, 0.6) is 0 Å². The Bertz CT molecular complexity index is 1330. The maximum Gasteiger partial charge on any atom is 0.264 e. The average molecular weight is 517 g/mol. The first-order valence-corrected chi connectivity index (χ1v) is 17.2. The lowest BCUT2D eigenvalue weighted by molar-refractivity contribution is 0.0288. The molecule has 188 valence electrons. The molecule has 3 heterocycles. The van der Waals surface area contributed by atoms with Gasteiger partial charge in [0, 0.05) is 38.0 Å². The number of nitriles is 1. The van der Waals surface area contributed by atoms with Gasteiger partial charge in [-0.25, -0.2) is 9.97 Å². The minimum atomic E-state index is -3.49. The number of rotatable bonds is 11. The molecule has 1 fully saturated rings. The zero-order valence-corrected chi connectivity index (χ0v) is 22.5. The van der Waals surface area contributed by atoms with Crippen molar-refractivity contribution in [2.45, 2.75) is 57.2 Å². The van der Waals surface area contributed by atoms with E-state index in [1.54, 1.807) is 12.5 Å². The van der Waals surface area contributed by atoms with Crippen LogP contribution in [-0.4, -0.2) is 60.3 Å². The van der Waals surface area contributed by atoms with Gasteiger partial charge in [0.05, 0.1) is 42.8 Å². The lowest BCUT2D eigenvalue weighted by atomic mass is 9.67. The normalized spacial score (nSPS) is 20.6. The number of hydrogen-bond donors (Lipinski definition) is 0. The number of fused-ring (bicyclic) bond motifs is 1. The number of aromatic nitrogens is 5. The van der Waals surface area contributed by atoms with Crippen LogP contribution in [0.1, 0.15) is 19.3 Å². The summed E-state index contributed by atoms with van der Waals surface area (Å²) in [5.74, 6) is 0.0615. The van der Waals surface area contributed by atoms with Crippen molar-refractivity contribution in [2.24, 2.45) is 5.92 Å². The van der Waals surface area contributed by atoms with Crippen LogP contribution < -0.4 is 0 Å². The van der Waals surface area contributed by atoms with Gasteiger partial charge < -0.3 is 9.30 Å². The molecule has 0 saturated heterocycles. The van der Waals surface area contributed by atoms with Crippen LogP contribution in [0.3, 0.4) is 0 Å². The first-order valence-electron chi connectivity index (χ1n) is 11.6. The highest BCUT2D eigenvalue weighted by Crippen LogP contribution is 2.46. The van der Waals surface area contributed by atoms with Crippen LogP contribution in [0.15, 0.2) is 31.0 Å². The van der Waals surface area contributed by atoms with Gasteiger partial charge in [-0.2, -0.15) is 18.8 Å². The summed E-state index contributed by atoms with van der Waals surface area (Å²) in [6, 6.07) is 5.35. The fourth-order valence-electron chi connectivity index (χ4n) is 4.50. The summed E-state index contributed by atoms with van der Waals surface area (Å²) in [5.41, 5.74) is 1.93. The van der Waals surface area contributed by atoms with Crippen molar-refractivity contribution in [3.05, 3.63) is 31.0 Å². The van der Waals surface area contributed by atoms with Gasteiger partial charge in [-0.05, 0) is 30.9 Å². The van der Waals surface area contributed by atoms with E-state index in [0.717, 1.165) is 41.2 Å². The van der Waals surface area contributed by atoms with Gasteiger partial charge >= 0.3 is 0 Å². The molecule has 0 atom stereocenters. The van der Waals surface area contributed by atoms with Crippen molar-refractivity contribution in [3.63, 3.8) is 0 Å². The summed E-state index contributed by atoms with van der Waals surface area (Å²) in [7, 11) is -4.63. The smallest absolute Gasteiger partial charge is 0.264 e. The molecule has 10 nitrogen and oxygen atoms in total. The molecule has 3 aromatic rings. The summed E-state index contributed by atoms with van der Waals surface area (Å²) in [4.78, 5) is 8.98. The predicted molar refractivity (Wildman–Crippen MR) is 135 cm³/mol. The molecular weight excluding hydrogens is 484 g/mol. The van der Waals surface area contributed by atoms with Crippen molar-refractivity contribution in [1.82, 2.24) is 24.3 Å². The van der Waals surface area contributed by atoms with E-state index < -0.39 is 23.7 Å². The maximum atomic E-state index is 11.3. The zero-order chi connectivity index (χ0) is 25.3. The fraction of sp³-hybridized carbons (Fsp3) is 0.565. The Hall–Kier alpha value is -2.59. The zero-order valence-electron chi connectivity index (χ0n) is 20.6. The van der Waals surface area contributed by atoms with E-state index in [4.69, 9.17) is 8.92 Å². The topological polar surface area (TPSA) is 125 Å². The molecule has 1 aliphatic rings. The largest absolute Gasteiger partial charge is 0.361 e. The van der Waals surface area contributed by atoms with E-state index in [2.05, 4.69) is 40.8 Å². The van der Waals surface area contributed by atoms with E-state index in [9.17, 15) is 13.7 Å². The minimum absolute atomic E-state index is 0.0615. The fourth-order valence-corrected chi connectivity index (χ4v) is 5.69. The van der Waals surface area contributed by atoms with E-state index in [-0.39, 0.29) is 18.9 Å². The molecule has 0 spiro atoms. The predicted octanol–water partition coefficient (Wildman–Crippen LogP) is 3.60. The quantitative estimate of drug-likeness (QED) is 0.215. The Labute approximate surface area is 207 Å². The van der Waals surface area contributed by atoms with Crippen LogP contribution in [-0.2, 0) is 31.3 Å². The van der Waals surface area contributed by atoms with Crippen molar-refractivity contribution >= 4 is 29.2 Å². The highest BCUT2D eigenvalue weighted by molar-refractivity contribution is 7.85. The third-order valence-corrected chi connectivity index (χ3v) is 8.66. The van der Waals surface area contributed by atoms with Crippen molar-refractivity contribution in [3.8, 4) is 17.3 Å². The lowest BCUT2D eigenvalue weighted by Crippen LogP contribution is -2.48. The molecule has 0 aromatic carbocycles. The van der Waals surface area contributed by atoms with E-state index in [1.165, 1.54) is 0 Å². The minimum Gasteiger partial charge on any atom is -0.361 e. The first-order chi connectivity index (χ1) is 16.5. The molecule has 0 unspecified atom stereocenters. The summed E-state index contributed by atoms with van der Waals surface area (Å²) in [5, 5.41) is 14.9. The van der Waals surface area contributed by atoms with Gasteiger partial charge in [-0.1, -0.05) is 19.6 Å². The Morgan fingerprint density at radius 3 is 2.74 bits per heavy atom. The first kappa shape index (κ1) is 25.5. The standard InChI is InChI=1S/C23H32N6O4SSi/c1-34(30,31)33-15-18-11-23(12-18,6-7-24)29-14-19(13-27-29)21-20-5-8-28(22(20)26-16-25-21)17-32-9-10-35(2,3)4/h5,8,13-14,16,18H,6,9-12,15,17H2,1-4H3. The summed E-state index contributed by atoms with van der Waals surface area (Å²) >= 11 is 0. The van der Waals surface area contributed by atoms with E-state index in [0.29, 0.717) is 19.6 Å². The number of hydrogen-bond acceptors (Lipinski definition) is 8. The summed E-state index contributed by atoms with van der Waals surface area (Å²) in [6.45, 7) is 8.28. The molecule has 0 bridgehead atoms. The van der Waals surface area contributed by atoms with Gasteiger partial charge in [0.15, 0.2) is 0 Å². The van der Waals surface area contributed by atoms with Gasteiger partial charge in [-0.3, -0.25) is 8.86 Å². The second kappa shape index (κ2) is 9.81. The average Bonchev–Trinajstić information content (AvgIpc) is 3.39. The van der Waals surface area contributed by atoms with Gasteiger partial charge in [0.25, 0.3) is 10.1 Å². The maximum absolute atomic E-state index is 11.3. The Morgan fingerprint density at radius 1 is 1.29 bits per heavy atom. The molecular formula is C23H32N6O4SSi. The van der Waals surface area contributed by atoms with Gasteiger partial charge in [0.1, 0.15) is 18.7 Å². The number of ether oxygens (including phenoxy) is 1. The third kappa shape index (κ3) is 5.98. The SMILES string of the molecule is C[Si](C)(C)CCOCn1ccc2c(-c3cnn(C4(CC#N)CC(COS(C)(=O)=O)C4)c3)ncnc21. The second-order valence-electron chi connectivity index (χ2n) is 10.6. The Kier molecular flexibility index (Phi) is 7.15. The Morgan fingerprint density at radius 2 is 2.06 bits per heavy atom. The molecule has 3 aromatic heterocycles. The molecule has 35 heavy (non-hydrogen) atoms. The van der Waals surface area contributed by atoms with Crippen LogP contribution in [0.25, 0.3) is 22.3 Å². The third-order valence-electron chi connectivity index (χ3n) is 6.39. The molecule has 1 saturated carbocycles. The van der Waals surface area contributed by atoms with Crippen LogP contribution in [0.4, 0.5) is 0 Å². The summed E-state index contributed by atoms with van der Waals surface area (Å²) in [6.07, 6.45) is 9.75. The Balaban J connectivity index is 1.50. The highest BCUT2D eigenvalue weighted by Gasteiger charge is 2.47. The van der Waals surface area contributed by atoms with Gasteiger partial charge in [-0.15, -0.1) is 0 Å². The number of nitrogens with zero attached hydrogens (tertiary/aromatic N) is 6. The molecule has 0 N–H and O–H groups in total. The second-order valence-corrected chi connectivity index (χ2v) is 17.9. The summed E-state index contributed by atoms with van der Waals surface area (Å²) < 4.78 is 37.3. The van der Waals surface area contributed by atoms with Crippen LogP contribution in [0, 0.1) is 17.2 Å². The molecule has 4 rings (SSSR count). The molecule has 0 amide bonds. The molecule has 0 aliphatic heterocycles. The van der Waals surface area contributed by atoms with Crippen molar-refractivity contribution in [2.75, 3.05) is 19.5 Å². The molecule has 0 radical (unpaired) electrons. The van der Waals surface area contributed by atoms with Crippen LogP contribution in [0.2, 0.25) is 25.7 Å². The lowest BCUT2D eigenvalue weighted by Gasteiger charge is -2.46. The monoisotopic (exact) mass is 516 g/mol. The van der Waals surface area contributed by atoms with Crippen LogP contribution >= 0.6 is 0 Å². The van der Waals surface area contributed by atoms with E-state index >= 15 is 0 Å². The highest BCUT2D eigenvalue weighted by atomic mass is 32.2. The molecule has 1 aliphatic carbocycles. The van der Waals surface area contributed by atoms with Crippen molar-refractivity contribution in [1.29, 1.82) is 5.26 Å². The molecule has 12 heteroatoms. The van der Waals surface area contributed by atoms with Crippen molar-refractivity contribution < 1.29 is 17.3 Å². The van der Waals surface area contributed by atoms with E-state index in [1.807, 2.05) is 27.7 Å².